The Kier molecular flexibility index (Phi) is 7.18. The Morgan fingerprint density at radius 2 is 1.83 bits per heavy atom. The first-order valence-corrected chi connectivity index (χ1v) is 8.72. The van der Waals surface area contributed by atoms with E-state index in [1.807, 2.05) is 0 Å². The summed E-state index contributed by atoms with van der Waals surface area (Å²) in [6.45, 7) is -0.0667. The molecule has 0 aromatic heterocycles. The maximum absolute atomic E-state index is 11.7. The zero-order valence-electron chi connectivity index (χ0n) is 12.0. The van der Waals surface area contributed by atoms with Crippen LogP contribution in [0.4, 0.5) is 0 Å². The van der Waals surface area contributed by atoms with Gasteiger partial charge in [-0.05, 0) is 18.7 Å². The topological polar surface area (TPSA) is 191 Å². The van der Waals surface area contributed by atoms with Gasteiger partial charge in [0.1, 0.15) is 29.9 Å². The van der Waals surface area contributed by atoms with E-state index in [2.05, 4.69) is 0 Å². The molecule has 0 aromatic carbocycles. The second-order valence-corrected chi connectivity index (χ2v) is 7.29. The third-order valence-corrected chi connectivity index (χ3v) is 5.33. The molecule has 1 heterocycles. The SMILES string of the molecule is CC(CO)C(SC1OC(CO)C(O)C(O)C1O)=[N+]([O-])S(=O)(=O)O. The first kappa shape index (κ1) is 20.5. The van der Waals surface area contributed by atoms with Crippen LogP contribution in [-0.4, -0.2) is 90.8 Å². The van der Waals surface area contributed by atoms with Crippen molar-refractivity contribution in [3.05, 3.63) is 5.21 Å². The molecule has 0 bridgehead atoms. The molecule has 0 aromatic rings. The van der Waals surface area contributed by atoms with Gasteiger partial charge in [0.15, 0.2) is 0 Å². The lowest BCUT2D eigenvalue weighted by Gasteiger charge is -2.39. The summed E-state index contributed by atoms with van der Waals surface area (Å²) < 4.78 is 35.2. The molecule has 11 nitrogen and oxygen atoms in total. The highest BCUT2D eigenvalue weighted by atomic mass is 32.2. The fourth-order valence-electron chi connectivity index (χ4n) is 1.81. The van der Waals surface area contributed by atoms with Gasteiger partial charge in [0.2, 0.25) is 0 Å². The minimum atomic E-state index is -5.16. The van der Waals surface area contributed by atoms with E-state index < -0.39 is 68.5 Å². The summed E-state index contributed by atoms with van der Waals surface area (Å²) in [6, 6.07) is 0. The molecule has 136 valence electrons. The van der Waals surface area contributed by atoms with Crippen molar-refractivity contribution in [3.8, 4) is 0 Å². The number of ether oxygens (including phenoxy) is 1. The van der Waals surface area contributed by atoms with Crippen LogP contribution in [0.1, 0.15) is 6.92 Å². The van der Waals surface area contributed by atoms with E-state index in [0.29, 0.717) is 11.8 Å². The third kappa shape index (κ3) is 4.74. The molecule has 0 spiro atoms. The average Bonchev–Trinajstić information content (AvgIpc) is 2.49. The second-order valence-electron chi connectivity index (χ2n) is 4.94. The van der Waals surface area contributed by atoms with Gasteiger partial charge < -0.3 is 35.5 Å². The van der Waals surface area contributed by atoms with Gasteiger partial charge in [0.25, 0.3) is 5.04 Å². The fourth-order valence-corrected chi connectivity index (χ4v) is 3.76. The van der Waals surface area contributed by atoms with Gasteiger partial charge in [-0.3, -0.25) is 0 Å². The Balaban J connectivity index is 3.13. The maximum atomic E-state index is 11.7. The van der Waals surface area contributed by atoms with Gasteiger partial charge in [0.05, 0.1) is 19.1 Å². The van der Waals surface area contributed by atoms with Crippen molar-refractivity contribution >= 4 is 27.1 Å². The van der Waals surface area contributed by atoms with Crippen LogP contribution in [0, 0.1) is 11.1 Å². The Morgan fingerprint density at radius 3 is 2.26 bits per heavy atom. The summed E-state index contributed by atoms with van der Waals surface area (Å²) >= 11 is 0.343. The zero-order chi connectivity index (χ0) is 17.9. The molecule has 0 radical (unpaired) electrons. The van der Waals surface area contributed by atoms with Crippen LogP contribution in [0.15, 0.2) is 0 Å². The van der Waals surface area contributed by atoms with Crippen molar-refractivity contribution in [3.63, 3.8) is 0 Å². The molecule has 6 N–H and O–H groups in total. The molecule has 0 saturated carbocycles. The van der Waals surface area contributed by atoms with E-state index in [1.54, 1.807) is 0 Å². The number of nitrogens with zero attached hydrogens (tertiary/aromatic N) is 1. The quantitative estimate of drug-likeness (QED) is 0.0708. The first-order chi connectivity index (χ1) is 10.5. The highest BCUT2D eigenvalue weighted by Gasteiger charge is 2.46. The number of rotatable bonds is 5. The van der Waals surface area contributed by atoms with Crippen molar-refractivity contribution in [2.24, 2.45) is 5.92 Å². The highest BCUT2D eigenvalue weighted by Crippen LogP contribution is 2.31. The summed E-state index contributed by atoms with van der Waals surface area (Å²) in [5.41, 5.74) is -1.42. The Bertz CT molecular complexity index is 536. The Hall–Kier alpha value is -0.510. The number of hydrogen-bond acceptors (Lipinski definition) is 10. The summed E-state index contributed by atoms with van der Waals surface area (Å²) in [5.74, 6) is -1.04. The monoisotopic (exact) mass is 377 g/mol. The molecule has 1 saturated heterocycles. The van der Waals surface area contributed by atoms with Crippen molar-refractivity contribution in [2.45, 2.75) is 36.8 Å². The largest absolute Gasteiger partial charge is 0.605 e. The lowest BCUT2D eigenvalue weighted by Crippen LogP contribution is -2.58. The van der Waals surface area contributed by atoms with Gasteiger partial charge in [0, 0.05) is 0 Å². The van der Waals surface area contributed by atoms with Crippen LogP contribution in [0.2, 0.25) is 0 Å². The molecule has 23 heavy (non-hydrogen) atoms. The number of aliphatic hydroxyl groups is 5. The molecular formula is C10H19NO10S2. The summed E-state index contributed by atoms with van der Waals surface area (Å²) in [4.78, 5) is 0. The van der Waals surface area contributed by atoms with E-state index in [9.17, 15) is 28.9 Å². The predicted molar refractivity (Wildman–Crippen MR) is 77.8 cm³/mol. The van der Waals surface area contributed by atoms with Gasteiger partial charge in [-0.2, -0.15) is 0 Å². The molecule has 6 unspecified atom stereocenters. The normalized spacial score (nSPS) is 34.8. The molecular weight excluding hydrogens is 358 g/mol. The predicted octanol–water partition coefficient (Wildman–Crippen LogP) is -3.14. The van der Waals surface area contributed by atoms with Crippen LogP contribution >= 0.6 is 11.8 Å². The maximum Gasteiger partial charge on any atom is 0.518 e. The zero-order valence-corrected chi connectivity index (χ0v) is 13.6. The fraction of sp³-hybridized carbons (Fsp3) is 0.900. The summed E-state index contributed by atoms with van der Waals surface area (Å²) in [5, 5.41) is 58.4. The minimum absolute atomic E-state index is 0.343. The average molecular weight is 377 g/mol. The Labute approximate surface area is 136 Å². The lowest BCUT2D eigenvalue weighted by atomic mass is 10.0. The molecule has 1 aliphatic heterocycles. The first-order valence-electron chi connectivity index (χ1n) is 6.44. The van der Waals surface area contributed by atoms with Gasteiger partial charge >= 0.3 is 10.3 Å². The number of aliphatic hydroxyl groups excluding tert-OH is 5. The van der Waals surface area contributed by atoms with Crippen LogP contribution in [0.5, 0.6) is 0 Å². The van der Waals surface area contributed by atoms with Crippen LogP contribution in [0.3, 0.4) is 0 Å². The number of hydrogen-bond donors (Lipinski definition) is 6. The van der Waals surface area contributed by atoms with E-state index in [1.165, 1.54) is 6.92 Å². The van der Waals surface area contributed by atoms with Crippen LogP contribution in [-0.2, 0) is 15.0 Å². The van der Waals surface area contributed by atoms with E-state index >= 15 is 0 Å². The summed E-state index contributed by atoms with van der Waals surface area (Å²) in [6.07, 6.45) is -6.29. The van der Waals surface area contributed by atoms with E-state index in [4.69, 9.17) is 19.5 Å². The Morgan fingerprint density at radius 1 is 1.26 bits per heavy atom. The summed E-state index contributed by atoms with van der Waals surface area (Å²) in [7, 11) is -5.16. The van der Waals surface area contributed by atoms with Gasteiger partial charge in [-0.1, -0.05) is 4.14 Å². The molecule has 13 heteroatoms. The highest BCUT2D eigenvalue weighted by molar-refractivity contribution is 8.14. The molecule has 1 rings (SSSR count). The van der Waals surface area contributed by atoms with Gasteiger partial charge in [-0.15, -0.1) is 8.42 Å². The van der Waals surface area contributed by atoms with Gasteiger partial charge in [-0.25, -0.2) is 4.55 Å². The second kappa shape index (κ2) is 8.04. The minimum Gasteiger partial charge on any atom is -0.605 e. The molecule has 1 aliphatic rings. The smallest absolute Gasteiger partial charge is 0.518 e. The van der Waals surface area contributed by atoms with Crippen LogP contribution < -0.4 is 0 Å². The molecule has 1 fully saturated rings. The van der Waals surface area contributed by atoms with E-state index in [0.717, 1.165) is 0 Å². The van der Waals surface area contributed by atoms with Crippen molar-refractivity contribution in [1.29, 1.82) is 0 Å². The van der Waals surface area contributed by atoms with Crippen molar-refractivity contribution in [1.82, 2.24) is 0 Å². The molecule has 0 amide bonds. The third-order valence-electron chi connectivity index (χ3n) is 3.17. The lowest BCUT2D eigenvalue weighted by molar-refractivity contribution is -0.292. The van der Waals surface area contributed by atoms with E-state index in [-0.39, 0.29) is 0 Å². The molecule has 0 aliphatic carbocycles. The van der Waals surface area contributed by atoms with Crippen molar-refractivity contribution < 1.29 is 47.4 Å². The van der Waals surface area contributed by atoms with Crippen molar-refractivity contribution in [2.75, 3.05) is 13.2 Å². The van der Waals surface area contributed by atoms with Crippen LogP contribution in [0.25, 0.3) is 0 Å². The molecule has 6 atom stereocenters. The number of thioether (sulfide) groups is 1. The standard InChI is InChI=1S/C10H19NO10S2/c1-4(2-12)9(11(17)23(18,19)20)22-10-8(16)7(15)6(14)5(3-13)21-10/h4-8,10,12-16H,2-3H2,1H3,(H,18,19,20).